The average Bonchev–Trinajstić information content (AvgIpc) is 2.41. The van der Waals surface area contributed by atoms with Crippen molar-refractivity contribution in [3.8, 4) is 0 Å². The third-order valence-electron chi connectivity index (χ3n) is 3.10. The lowest BCUT2D eigenvalue weighted by Crippen LogP contribution is -2.34. The van der Waals surface area contributed by atoms with Gasteiger partial charge in [0.1, 0.15) is 4.60 Å². The van der Waals surface area contributed by atoms with Crippen molar-refractivity contribution in [3.05, 3.63) is 35.1 Å². The van der Waals surface area contributed by atoms with Gasteiger partial charge in [-0.2, -0.15) is 0 Å². The van der Waals surface area contributed by atoms with Crippen molar-refractivity contribution >= 4 is 33.5 Å². The molecular weight excluding hydrogens is 312 g/mol. The summed E-state index contributed by atoms with van der Waals surface area (Å²) in [5.41, 5.74) is 0.547. The first-order valence-corrected chi connectivity index (χ1v) is 6.68. The number of halogens is 1. The Kier molecular flexibility index (Phi) is 4.31. The number of carboxylic acids is 1. The van der Waals surface area contributed by atoms with Crippen LogP contribution < -0.4 is 5.32 Å². The van der Waals surface area contributed by atoms with Crippen LogP contribution in [0.1, 0.15) is 12.8 Å². The molecule has 2 rings (SSSR count). The Morgan fingerprint density at radius 1 is 1.32 bits per heavy atom. The number of anilines is 1. The normalized spacial score (nSPS) is 21.9. The molecule has 1 heterocycles. The van der Waals surface area contributed by atoms with Gasteiger partial charge in [0.25, 0.3) is 0 Å². The van der Waals surface area contributed by atoms with Gasteiger partial charge in [0.05, 0.1) is 17.5 Å². The number of nitrogens with one attached hydrogen (secondary N) is 1. The summed E-state index contributed by atoms with van der Waals surface area (Å²) >= 11 is 3.24. The molecule has 0 saturated carbocycles. The molecular formula is C13H13BrN2O3. The van der Waals surface area contributed by atoms with Gasteiger partial charge in [-0.15, -0.1) is 0 Å². The quantitative estimate of drug-likeness (QED) is 0.661. The predicted octanol–water partition coefficient (Wildman–Crippen LogP) is 2.45. The van der Waals surface area contributed by atoms with Crippen LogP contribution in [0.3, 0.4) is 0 Å². The minimum Gasteiger partial charge on any atom is -0.481 e. The van der Waals surface area contributed by atoms with E-state index in [1.807, 2.05) is 12.2 Å². The third kappa shape index (κ3) is 3.20. The van der Waals surface area contributed by atoms with E-state index in [1.165, 1.54) is 0 Å². The second-order valence-electron chi connectivity index (χ2n) is 4.33. The highest BCUT2D eigenvalue weighted by molar-refractivity contribution is 9.10. The monoisotopic (exact) mass is 324 g/mol. The van der Waals surface area contributed by atoms with E-state index in [2.05, 4.69) is 26.2 Å². The van der Waals surface area contributed by atoms with Gasteiger partial charge < -0.3 is 10.4 Å². The summed E-state index contributed by atoms with van der Waals surface area (Å²) in [7, 11) is 0. The van der Waals surface area contributed by atoms with E-state index in [0.717, 1.165) is 0 Å². The topological polar surface area (TPSA) is 79.3 Å². The number of pyridine rings is 1. The standard InChI is InChI=1S/C13H13BrN2O3/c14-11-10(6-3-7-15-11)16-12(17)8-4-1-2-5-9(8)13(18)19/h1-3,6-9H,4-5H2,(H,16,17)(H,18,19). The fourth-order valence-corrected chi connectivity index (χ4v) is 2.43. The molecule has 0 aliphatic heterocycles. The molecule has 0 saturated heterocycles. The fraction of sp³-hybridized carbons (Fsp3) is 0.308. The summed E-state index contributed by atoms with van der Waals surface area (Å²) in [5.74, 6) is -2.43. The van der Waals surface area contributed by atoms with Crippen molar-refractivity contribution in [2.45, 2.75) is 12.8 Å². The van der Waals surface area contributed by atoms with Crippen molar-refractivity contribution < 1.29 is 14.7 Å². The molecule has 0 aromatic carbocycles. The van der Waals surface area contributed by atoms with E-state index in [4.69, 9.17) is 5.11 Å². The molecule has 2 unspecified atom stereocenters. The van der Waals surface area contributed by atoms with Crippen LogP contribution in [0.5, 0.6) is 0 Å². The van der Waals surface area contributed by atoms with Crippen LogP contribution in [-0.4, -0.2) is 22.0 Å². The first-order valence-electron chi connectivity index (χ1n) is 5.88. The average molecular weight is 325 g/mol. The van der Waals surface area contributed by atoms with E-state index in [1.54, 1.807) is 18.3 Å². The van der Waals surface area contributed by atoms with Crippen LogP contribution >= 0.6 is 15.9 Å². The maximum absolute atomic E-state index is 12.2. The Hall–Kier alpha value is -1.69. The lowest BCUT2D eigenvalue weighted by atomic mass is 9.82. The second-order valence-corrected chi connectivity index (χ2v) is 5.08. The number of hydrogen-bond acceptors (Lipinski definition) is 3. The van der Waals surface area contributed by atoms with E-state index < -0.39 is 17.8 Å². The first-order chi connectivity index (χ1) is 9.09. The van der Waals surface area contributed by atoms with E-state index >= 15 is 0 Å². The molecule has 1 aliphatic rings. The van der Waals surface area contributed by atoms with Gasteiger partial charge in [-0.3, -0.25) is 9.59 Å². The smallest absolute Gasteiger partial charge is 0.307 e. The Morgan fingerprint density at radius 3 is 2.63 bits per heavy atom. The van der Waals surface area contributed by atoms with E-state index in [-0.39, 0.29) is 5.91 Å². The first kappa shape index (κ1) is 13.7. The van der Waals surface area contributed by atoms with Gasteiger partial charge in [-0.1, -0.05) is 12.2 Å². The highest BCUT2D eigenvalue weighted by Crippen LogP contribution is 2.28. The van der Waals surface area contributed by atoms with Crippen molar-refractivity contribution in [1.82, 2.24) is 4.98 Å². The molecule has 2 N–H and O–H groups in total. The highest BCUT2D eigenvalue weighted by Gasteiger charge is 2.34. The maximum atomic E-state index is 12.2. The fourth-order valence-electron chi connectivity index (χ4n) is 2.08. The molecule has 0 bridgehead atoms. The largest absolute Gasteiger partial charge is 0.481 e. The molecule has 0 radical (unpaired) electrons. The maximum Gasteiger partial charge on any atom is 0.307 e. The van der Waals surface area contributed by atoms with Crippen LogP contribution in [0.15, 0.2) is 35.1 Å². The summed E-state index contributed by atoms with van der Waals surface area (Å²) in [6.45, 7) is 0. The number of carbonyl (C=O) groups is 2. The molecule has 2 atom stereocenters. The molecule has 1 aromatic heterocycles. The minimum absolute atomic E-state index is 0.287. The molecule has 5 nitrogen and oxygen atoms in total. The van der Waals surface area contributed by atoms with Gasteiger partial charge in [-0.25, -0.2) is 4.98 Å². The number of allylic oxidation sites excluding steroid dienone is 2. The van der Waals surface area contributed by atoms with Crippen LogP contribution in [0, 0.1) is 11.8 Å². The zero-order valence-electron chi connectivity index (χ0n) is 10.0. The number of nitrogens with zero attached hydrogens (tertiary/aromatic N) is 1. The van der Waals surface area contributed by atoms with Crippen molar-refractivity contribution in [1.29, 1.82) is 0 Å². The molecule has 6 heteroatoms. The van der Waals surface area contributed by atoms with Gasteiger partial charge >= 0.3 is 5.97 Å². The van der Waals surface area contributed by atoms with Crippen LogP contribution in [0.2, 0.25) is 0 Å². The van der Waals surface area contributed by atoms with Gasteiger partial charge in [-0.05, 0) is 40.9 Å². The number of rotatable bonds is 3. The minimum atomic E-state index is -0.935. The van der Waals surface area contributed by atoms with Crippen LogP contribution in [0.4, 0.5) is 5.69 Å². The van der Waals surface area contributed by atoms with Crippen LogP contribution in [0.25, 0.3) is 0 Å². The zero-order chi connectivity index (χ0) is 13.8. The lowest BCUT2D eigenvalue weighted by molar-refractivity contribution is -0.146. The Morgan fingerprint density at radius 2 is 2.00 bits per heavy atom. The van der Waals surface area contributed by atoms with Crippen molar-refractivity contribution in [3.63, 3.8) is 0 Å². The summed E-state index contributed by atoms with van der Waals surface area (Å²) < 4.78 is 0.529. The Balaban J connectivity index is 2.13. The highest BCUT2D eigenvalue weighted by atomic mass is 79.9. The van der Waals surface area contributed by atoms with Gasteiger partial charge in [0, 0.05) is 6.20 Å². The Bertz CT molecular complexity index is 530. The van der Waals surface area contributed by atoms with Gasteiger partial charge in [0.2, 0.25) is 5.91 Å². The zero-order valence-corrected chi connectivity index (χ0v) is 11.6. The lowest BCUT2D eigenvalue weighted by Gasteiger charge is -2.24. The van der Waals surface area contributed by atoms with Gasteiger partial charge in [0.15, 0.2) is 0 Å². The second kappa shape index (κ2) is 5.97. The molecule has 1 aromatic rings. The van der Waals surface area contributed by atoms with E-state index in [0.29, 0.717) is 23.1 Å². The molecule has 1 amide bonds. The van der Waals surface area contributed by atoms with E-state index in [9.17, 15) is 9.59 Å². The van der Waals surface area contributed by atoms with Crippen LogP contribution in [-0.2, 0) is 9.59 Å². The number of aliphatic carboxylic acids is 1. The molecule has 0 fully saturated rings. The third-order valence-corrected chi connectivity index (χ3v) is 3.74. The molecule has 1 aliphatic carbocycles. The number of carboxylic acid groups (broad SMARTS) is 1. The number of carbonyl (C=O) groups excluding carboxylic acids is 1. The molecule has 0 spiro atoms. The van der Waals surface area contributed by atoms with Crippen molar-refractivity contribution in [2.75, 3.05) is 5.32 Å². The summed E-state index contributed by atoms with van der Waals surface area (Å²) in [5, 5.41) is 11.9. The molecule has 19 heavy (non-hydrogen) atoms. The summed E-state index contributed by atoms with van der Waals surface area (Å²) in [4.78, 5) is 27.3. The molecule has 100 valence electrons. The van der Waals surface area contributed by atoms with Crippen molar-refractivity contribution in [2.24, 2.45) is 11.8 Å². The summed E-state index contributed by atoms with van der Waals surface area (Å²) in [6, 6.07) is 3.42. The summed E-state index contributed by atoms with van der Waals surface area (Å²) in [6.07, 6.45) is 6.09. The SMILES string of the molecule is O=C(O)C1CC=CCC1C(=O)Nc1cccnc1Br. The predicted molar refractivity (Wildman–Crippen MR) is 73.6 cm³/mol. The Labute approximate surface area is 118 Å². The number of aromatic nitrogens is 1. The number of amides is 1. The number of hydrogen-bond donors (Lipinski definition) is 2.